The lowest BCUT2D eigenvalue weighted by molar-refractivity contribution is 0.229. The van der Waals surface area contributed by atoms with Gasteiger partial charge in [0.2, 0.25) is 0 Å². The van der Waals surface area contributed by atoms with Crippen molar-refractivity contribution in [3.8, 4) is 11.5 Å². The quantitative estimate of drug-likeness (QED) is 0.479. The Hall–Kier alpha value is -1.82. The van der Waals surface area contributed by atoms with E-state index in [0.717, 1.165) is 11.3 Å². The minimum atomic E-state index is 0.0556. The van der Waals surface area contributed by atoms with Crippen LogP contribution in [0.25, 0.3) is 0 Å². The van der Waals surface area contributed by atoms with Crippen LogP contribution in [0.3, 0.4) is 0 Å². The van der Waals surface area contributed by atoms with E-state index in [1.807, 2.05) is 45.9 Å². The highest BCUT2D eigenvalue weighted by atomic mass is 32.1. The summed E-state index contributed by atoms with van der Waals surface area (Å²) >= 11 is 4.68. The molecule has 0 atom stereocenters. The van der Waals surface area contributed by atoms with Crippen molar-refractivity contribution < 1.29 is 9.47 Å². The molecule has 0 bridgehead atoms. The topological polar surface area (TPSA) is 68.9 Å². The number of rotatable bonds is 6. The maximum Gasteiger partial charge on any atom is 0.184 e. The monoisotopic (exact) mass is 295 g/mol. The van der Waals surface area contributed by atoms with Crippen molar-refractivity contribution in [2.24, 2.45) is 10.8 Å². The average molecular weight is 295 g/mol. The normalized spacial score (nSPS) is 11.1. The smallest absolute Gasteiger partial charge is 0.184 e. The molecule has 1 rings (SSSR count). The van der Waals surface area contributed by atoms with E-state index in [1.165, 1.54) is 0 Å². The third-order valence-electron chi connectivity index (χ3n) is 2.10. The zero-order valence-corrected chi connectivity index (χ0v) is 13.0. The van der Waals surface area contributed by atoms with Gasteiger partial charge in [-0.3, -0.25) is 5.43 Å². The molecule has 0 unspecified atom stereocenters. The molecular formula is C14H21N3O2S. The van der Waals surface area contributed by atoms with Gasteiger partial charge < -0.3 is 15.2 Å². The molecule has 0 aliphatic rings. The van der Waals surface area contributed by atoms with Crippen LogP contribution in [0.5, 0.6) is 11.5 Å². The summed E-state index contributed by atoms with van der Waals surface area (Å²) in [5, 5.41) is 4.06. The van der Waals surface area contributed by atoms with Crippen molar-refractivity contribution in [1.29, 1.82) is 0 Å². The molecule has 1 aromatic rings. The van der Waals surface area contributed by atoms with Crippen LogP contribution in [-0.4, -0.2) is 23.5 Å². The first-order valence-corrected chi connectivity index (χ1v) is 6.85. The van der Waals surface area contributed by atoms with E-state index in [2.05, 4.69) is 22.7 Å². The molecule has 0 heterocycles. The van der Waals surface area contributed by atoms with Crippen LogP contribution in [0.2, 0.25) is 0 Å². The summed E-state index contributed by atoms with van der Waals surface area (Å²) in [5.74, 6) is 1.46. The van der Waals surface area contributed by atoms with Gasteiger partial charge in [0, 0.05) is 11.6 Å². The maximum absolute atomic E-state index is 5.76. The van der Waals surface area contributed by atoms with Crippen LogP contribution >= 0.6 is 12.2 Å². The lowest BCUT2D eigenvalue weighted by Crippen LogP contribution is -2.24. The number of nitrogens with one attached hydrogen (secondary N) is 1. The van der Waals surface area contributed by atoms with E-state index in [1.54, 1.807) is 6.21 Å². The van der Waals surface area contributed by atoms with Gasteiger partial charge in [0.1, 0.15) is 11.5 Å². The number of hydrogen-bond acceptors (Lipinski definition) is 4. The molecule has 0 aliphatic carbocycles. The van der Waals surface area contributed by atoms with Gasteiger partial charge >= 0.3 is 0 Å². The Balaban J connectivity index is 2.96. The first kappa shape index (κ1) is 16.2. The molecule has 0 aromatic heterocycles. The molecule has 0 fully saturated rings. The molecule has 3 N–H and O–H groups in total. The molecule has 0 radical (unpaired) electrons. The van der Waals surface area contributed by atoms with Crippen LogP contribution < -0.4 is 20.6 Å². The first-order valence-electron chi connectivity index (χ1n) is 6.44. The number of benzene rings is 1. The Kier molecular flexibility index (Phi) is 6.24. The standard InChI is InChI=1S/C14H21N3O2S/c1-9(2)18-12-6-5-11(8-16-17-14(15)20)13(7-12)19-10(3)4/h5-10H,1-4H3,(H3,15,17,20)/b16-8+. The fourth-order valence-corrected chi connectivity index (χ4v) is 1.54. The van der Waals surface area contributed by atoms with Gasteiger partial charge in [-0.05, 0) is 52.0 Å². The number of ether oxygens (including phenoxy) is 2. The number of nitrogens with zero attached hydrogens (tertiary/aromatic N) is 1. The number of nitrogens with two attached hydrogens (primary N) is 1. The minimum Gasteiger partial charge on any atom is -0.491 e. The minimum absolute atomic E-state index is 0.0556. The highest BCUT2D eigenvalue weighted by molar-refractivity contribution is 7.80. The molecule has 110 valence electrons. The van der Waals surface area contributed by atoms with Gasteiger partial charge in [-0.2, -0.15) is 5.10 Å². The summed E-state index contributed by atoms with van der Waals surface area (Å²) in [6.45, 7) is 7.88. The number of hydrazone groups is 1. The summed E-state index contributed by atoms with van der Waals surface area (Å²) in [6, 6.07) is 5.59. The first-order chi connectivity index (χ1) is 9.38. The summed E-state index contributed by atoms with van der Waals surface area (Å²) < 4.78 is 11.4. The van der Waals surface area contributed by atoms with Gasteiger partial charge in [0.05, 0.1) is 18.4 Å². The highest BCUT2D eigenvalue weighted by Gasteiger charge is 2.07. The molecule has 0 aliphatic heterocycles. The van der Waals surface area contributed by atoms with Gasteiger partial charge in [-0.25, -0.2) is 0 Å². The summed E-state index contributed by atoms with van der Waals surface area (Å²) in [5.41, 5.74) is 8.64. The van der Waals surface area contributed by atoms with Gasteiger partial charge in [-0.1, -0.05) is 0 Å². The van der Waals surface area contributed by atoms with E-state index >= 15 is 0 Å². The molecular weight excluding hydrogens is 274 g/mol. The van der Waals surface area contributed by atoms with Crippen molar-refractivity contribution in [2.75, 3.05) is 0 Å². The molecule has 20 heavy (non-hydrogen) atoms. The third kappa shape index (κ3) is 5.88. The molecule has 1 aromatic carbocycles. The Bertz CT molecular complexity index is 487. The maximum atomic E-state index is 5.76. The van der Waals surface area contributed by atoms with Gasteiger partial charge in [0.15, 0.2) is 5.11 Å². The highest BCUT2D eigenvalue weighted by Crippen LogP contribution is 2.25. The Labute approximate surface area is 125 Å². The van der Waals surface area contributed by atoms with E-state index in [0.29, 0.717) is 5.75 Å². The summed E-state index contributed by atoms with van der Waals surface area (Å²) in [7, 11) is 0. The Morgan fingerprint density at radius 2 is 1.90 bits per heavy atom. The van der Waals surface area contributed by atoms with Gasteiger partial charge in [0.25, 0.3) is 0 Å². The van der Waals surface area contributed by atoms with Crippen molar-refractivity contribution in [1.82, 2.24) is 5.43 Å². The van der Waals surface area contributed by atoms with Crippen LogP contribution in [-0.2, 0) is 0 Å². The van der Waals surface area contributed by atoms with Crippen molar-refractivity contribution in [2.45, 2.75) is 39.9 Å². The van der Waals surface area contributed by atoms with Crippen LogP contribution in [0.4, 0.5) is 0 Å². The molecule has 5 nitrogen and oxygen atoms in total. The van der Waals surface area contributed by atoms with Crippen molar-refractivity contribution in [3.63, 3.8) is 0 Å². The molecule has 6 heteroatoms. The summed E-state index contributed by atoms with van der Waals surface area (Å²) in [6.07, 6.45) is 1.77. The van der Waals surface area contributed by atoms with Crippen molar-refractivity contribution in [3.05, 3.63) is 23.8 Å². The second-order valence-electron chi connectivity index (χ2n) is 4.77. The molecule has 0 saturated heterocycles. The van der Waals surface area contributed by atoms with E-state index < -0.39 is 0 Å². The predicted molar refractivity (Wildman–Crippen MR) is 85.5 cm³/mol. The van der Waals surface area contributed by atoms with E-state index in [9.17, 15) is 0 Å². The molecule has 0 spiro atoms. The largest absolute Gasteiger partial charge is 0.491 e. The predicted octanol–water partition coefficient (Wildman–Crippen LogP) is 2.43. The second-order valence-corrected chi connectivity index (χ2v) is 5.21. The van der Waals surface area contributed by atoms with E-state index in [4.69, 9.17) is 15.2 Å². The lowest BCUT2D eigenvalue weighted by atomic mass is 10.2. The van der Waals surface area contributed by atoms with Gasteiger partial charge in [-0.15, -0.1) is 0 Å². The number of thiocarbonyl (C=S) groups is 1. The number of hydrogen-bond donors (Lipinski definition) is 2. The molecule has 0 amide bonds. The Morgan fingerprint density at radius 3 is 2.45 bits per heavy atom. The van der Waals surface area contributed by atoms with E-state index in [-0.39, 0.29) is 17.3 Å². The zero-order chi connectivity index (χ0) is 15.1. The SMILES string of the molecule is CC(C)Oc1ccc(/C=N/NC(N)=S)c(OC(C)C)c1. The second kappa shape index (κ2) is 7.69. The van der Waals surface area contributed by atoms with Crippen LogP contribution in [0.1, 0.15) is 33.3 Å². The zero-order valence-electron chi connectivity index (χ0n) is 12.2. The lowest BCUT2D eigenvalue weighted by Gasteiger charge is -2.15. The summed E-state index contributed by atoms with van der Waals surface area (Å²) in [4.78, 5) is 0. The Morgan fingerprint density at radius 1 is 1.25 bits per heavy atom. The third-order valence-corrected chi connectivity index (χ3v) is 2.19. The van der Waals surface area contributed by atoms with Crippen LogP contribution in [0.15, 0.2) is 23.3 Å². The fourth-order valence-electron chi connectivity index (χ4n) is 1.49. The average Bonchev–Trinajstić information content (AvgIpc) is 2.29. The van der Waals surface area contributed by atoms with Crippen LogP contribution in [0, 0.1) is 0 Å². The van der Waals surface area contributed by atoms with Crippen molar-refractivity contribution >= 4 is 23.5 Å². The fraction of sp³-hybridized carbons (Fsp3) is 0.429. The molecule has 0 saturated carbocycles.